The summed E-state index contributed by atoms with van der Waals surface area (Å²) in [4.78, 5) is 32.5. The van der Waals surface area contributed by atoms with Crippen LogP contribution >= 0.6 is 0 Å². The van der Waals surface area contributed by atoms with Gasteiger partial charge in [-0.2, -0.15) is 26.3 Å². The van der Waals surface area contributed by atoms with E-state index < -0.39 is 36.2 Å². The van der Waals surface area contributed by atoms with Gasteiger partial charge in [-0.05, 0) is 0 Å². The van der Waals surface area contributed by atoms with Crippen LogP contribution in [0.15, 0.2) is 12.5 Å². The molecule has 1 rings (SSSR count). The zero-order chi connectivity index (χ0) is 16.5. The Bertz CT molecular complexity index is 466. The van der Waals surface area contributed by atoms with E-state index in [0.717, 1.165) is 0 Å². The molecule has 0 atom stereocenters. The highest BCUT2D eigenvalue weighted by Crippen LogP contribution is 2.28. The van der Waals surface area contributed by atoms with Crippen molar-refractivity contribution in [3.63, 3.8) is 0 Å². The van der Waals surface area contributed by atoms with Crippen molar-refractivity contribution in [3.8, 4) is 0 Å². The van der Waals surface area contributed by atoms with Gasteiger partial charge in [-0.3, -0.25) is 4.79 Å². The van der Waals surface area contributed by atoms with Crippen LogP contribution in [-0.2, 0) is 28.6 Å². The van der Waals surface area contributed by atoms with Crippen molar-refractivity contribution in [2.45, 2.75) is 18.3 Å². The van der Waals surface area contributed by atoms with Gasteiger partial charge in [-0.1, -0.05) is 0 Å². The lowest BCUT2D eigenvalue weighted by Crippen LogP contribution is -2.57. The second-order valence-corrected chi connectivity index (χ2v) is 3.22. The molecule has 21 heavy (non-hydrogen) atoms. The summed E-state index contributed by atoms with van der Waals surface area (Å²) in [6.45, 7) is 0. The van der Waals surface area contributed by atoms with E-state index in [1.54, 1.807) is 5.32 Å². The lowest BCUT2D eigenvalue weighted by Gasteiger charge is -2.30. The monoisotopic (exact) mass is 323 g/mol. The number of nitrogens with one attached hydrogen (secondary N) is 1. The van der Waals surface area contributed by atoms with Gasteiger partial charge in [0.1, 0.15) is 6.26 Å². The Morgan fingerprint density at radius 1 is 1.05 bits per heavy atom. The van der Waals surface area contributed by atoms with E-state index in [0.29, 0.717) is 12.5 Å². The maximum absolute atomic E-state index is 12.0. The van der Waals surface area contributed by atoms with Crippen LogP contribution in [0, 0.1) is 0 Å². The fourth-order valence-corrected chi connectivity index (χ4v) is 0.897. The number of alkyl halides is 6. The van der Waals surface area contributed by atoms with Gasteiger partial charge in [0.15, 0.2) is 0 Å². The molecule has 118 valence electrons. The number of rotatable bonds is 2. The third kappa shape index (κ3) is 3.76. The molecule has 0 aromatic carbocycles. The van der Waals surface area contributed by atoms with Crippen molar-refractivity contribution in [2.24, 2.45) is 0 Å². The number of carbonyl (C=O) groups is 3. The fourth-order valence-electron chi connectivity index (χ4n) is 0.897. The molecule has 0 fully saturated rings. The molecule has 1 aliphatic rings. The summed E-state index contributed by atoms with van der Waals surface area (Å²) in [6, 6.07) is 0. The molecule has 0 aliphatic carbocycles. The quantitative estimate of drug-likeness (QED) is 0.451. The predicted molar refractivity (Wildman–Crippen MR) is 45.4 cm³/mol. The molecule has 0 aromatic heterocycles. The van der Waals surface area contributed by atoms with Crippen molar-refractivity contribution in [3.05, 3.63) is 12.5 Å². The number of ether oxygens (including phenoxy) is 3. The van der Waals surface area contributed by atoms with Gasteiger partial charge in [-0.15, -0.1) is 0 Å². The minimum absolute atomic E-state index is 0.342. The summed E-state index contributed by atoms with van der Waals surface area (Å²) in [5.41, 5.74) is 0. The Labute approximate surface area is 110 Å². The first kappa shape index (κ1) is 16.6. The Morgan fingerprint density at radius 3 is 1.81 bits per heavy atom. The molecular weight excluding hydrogens is 320 g/mol. The highest BCUT2D eigenvalue weighted by atomic mass is 19.4. The molecule has 0 radical (unpaired) electrons. The SMILES string of the molecule is O=C(OC1(OC(=O)C(F)(F)F)OC=CNC1=O)C(F)(F)F. The zero-order valence-electron chi connectivity index (χ0n) is 9.37. The van der Waals surface area contributed by atoms with Gasteiger partial charge in [0.05, 0.1) is 0 Å². The van der Waals surface area contributed by atoms with Crippen molar-refractivity contribution in [2.75, 3.05) is 0 Å². The molecule has 0 spiro atoms. The molecule has 1 heterocycles. The van der Waals surface area contributed by atoms with Gasteiger partial charge in [0.2, 0.25) is 0 Å². The van der Waals surface area contributed by atoms with E-state index in [1.165, 1.54) is 0 Å². The molecule has 0 saturated heterocycles. The van der Waals surface area contributed by atoms with Gasteiger partial charge < -0.3 is 19.5 Å². The van der Waals surface area contributed by atoms with Crippen LogP contribution in [0.1, 0.15) is 0 Å². The van der Waals surface area contributed by atoms with Gasteiger partial charge in [-0.25, -0.2) is 9.59 Å². The molecule has 1 N–H and O–H groups in total. The zero-order valence-corrected chi connectivity index (χ0v) is 9.37. The van der Waals surface area contributed by atoms with Crippen LogP contribution in [0.2, 0.25) is 0 Å². The highest BCUT2D eigenvalue weighted by molar-refractivity contribution is 5.90. The number of esters is 2. The molecule has 1 amide bonds. The molecule has 0 bridgehead atoms. The lowest BCUT2D eigenvalue weighted by molar-refractivity contribution is -0.331. The molecule has 0 saturated carbocycles. The average Bonchev–Trinajstić information content (AvgIpc) is 2.30. The first-order valence-electron chi connectivity index (χ1n) is 4.62. The third-order valence-corrected chi connectivity index (χ3v) is 1.70. The maximum Gasteiger partial charge on any atom is 0.508 e. The summed E-state index contributed by atoms with van der Waals surface area (Å²) in [6.07, 6.45) is -10.4. The Balaban J connectivity index is 3.08. The smallest absolute Gasteiger partial charge is 0.419 e. The lowest BCUT2D eigenvalue weighted by atomic mass is 10.4. The van der Waals surface area contributed by atoms with Crippen LogP contribution in [0.4, 0.5) is 26.3 Å². The molecule has 0 unspecified atom stereocenters. The van der Waals surface area contributed by atoms with Crippen molar-refractivity contribution >= 4 is 17.8 Å². The van der Waals surface area contributed by atoms with E-state index >= 15 is 0 Å². The van der Waals surface area contributed by atoms with E-state index in [9.17, 15) is 40.7 Å². The van der Waals surface area contributed by atoms with E-state index in [1.807, 2.05) is 0 Å². The summed E-state index contributed by atoms with van der Waals surface area (Å²) < 4.78 is 83.1. The van der Waals surface area contributed by atoms with E-state index in [2.05, 4.69) is 14.2 Å². The summed E-state index contributed by atoms with van der Waals surface area (Å²) in [5.74, 6) is -12.0. The highest BCUT2D eigenvalue weighted by Gasteiger charge is 2.59. The van der Waals surface area contributed by atoms with E-state index in [-0.39, 0.29) is 0 Å². The first-order chi connectivity index (χ1) is 9.38. The first-order valence-corrected chi connectivity index (χ1v) is 4.62. The molecule has 1 aliphatic heterocycles. The van der Waals surface area contributed by atoms with E-state index in [4.69, 9.17) is 0 Å². The molecule has 0 aromatic rings. The Kier molecular flexibility index (Phi) is 4.06. The largest absolute Gasteiger partial charge is 0.508 e. The number of hydrogen-bond donors (Lipinski definition) is 1. The third-order valence-electron chi connectivity index (χ3n) is 1.70. The molecule has 13 heteroatoms. The topological polar surface area (TPSA) is 90.9 Å². The Hall–Kier alpha value is -2.47. The molecule has 7 nitrogen and oxygen atoms in total. The second kappa shape index (κ2) is 5.14. The second-order valence-electron chi connectivity index (χ2n) is 3.22. The number of halogens is 6. The summed E-state index contributed by atoms with van der Waals surface area (Å²) in [7, 11) is 0. The van der Waals surface area contributed by atoms with Crippen LogP contribution in [-0.4, -0.2) is 36.2 Å². The Morgan fingerprint density at radius 2 is 1.48 bits per heavy atom. The van der Waals surface area contributed by atoms with Crippen LogP contribution in [0.5, 0.6) is 0 Å². The van der Waals surface area contributed by atoms with Crippen molar-refractivity contribution in [1.29, 1.82) is 0 Å². The minimum atomic E-state index is -5.68. The number of amides is 1. The van der Waals surface area contributed by atoms with Gasteiger partial charge in [0.25, 0.3) is 0 Å². The number of hydrogen-bond acceptors (Lipinski definition) is 6. The predicted octanol–water partition coefficient (Wildman–Crippen LogP) is 0.469. The maximum atomic E-state index is 12.0. The number of carbonyl (C=O) groups excluding carboxylic acids is 3. The minimum Gasteiger partial charge on any atom is -0.419 e. The average molecular weight is 323 g/mol. The van der Waals surface area contributed by atoms with Gasteiger partial charge >= 0.3 is 36.2 Å². The molecular formula is C8H3F6NO6. The van der Waals surface area contributed by atoms with Crippen LogP contribution < -0.4 is 5.32 Å². The standard InChI is InChI=1S/C8H3F6NO6/c9-6(10,11)4(17)20-8(3(16)15-1-2-19-8)21-5(18)7(12,13)14/h1-2H,(H,15,16). The van der Waals surface area contributed by atoms with Gasteiger partial charge in [0, 0.05) is 6.20 Å². The summed E-state index contributed by atoms with van der Waals surface area (Å²) in [5, 5.41) is 1.55. The summed E-state index contributed by atoms with van der Waals surface area (Å²) >= 11 is 0. The van der Waals surface area contributed by atoms with Crippen LogP contribution in [0.3, 0.4) is 0 Å². The normalized spacial score (nSPS) is 17.5. The fraction of sp³-hybridized carbons (Fsp3) is 0.375. The van der Waals surface area contributed by atoms with Crippen molar-refractivity contribution in [1.82, 2.24) is 5.32 Å². The van der Waals surface area contributed by atoms with Crippen molar-refractivity contribution < 1.29 is 54.9 Å². The van der Waals surface area contributed by atoms with Crippen LogP contribution in [0.25, 0.3) is 0 Å².